The molecule has 1 aromatic carbocycles. The molecule has 1 saturated heterocycles. The zero-order chi connectivity index (χ0) is 16.2. The van der Waals surface area contributed by atoms with Gasteiger partial charge in [0.1, 0.15) is 0 Å². The number of benzene rings is 1. The Bertz CT molecular complexity index is 575. The van der Waals surface area contributed by atoms with Crippen LogP contribution in [0.1, 0.15) is 51.0 Å². The van der Waals surface area contributed by atoms with Crippen LogP contribution in [0.2, 0.25) is 0 Å². The van der Waals surface area contributed by atoms with E-state index in [1.807, 2.05) is 12.1 Å². The normalized spacial score (nSPS) is 19.2. The molecule has 4 heteroatoms. The van der Waals surface area contributed by atoms with Crippen LogP contribution in [0.3, 0.4) is 0 Å². The van der Waals surface area contributed by atoms with Crippen molar-refractivity contribution < 1.29 is 8.42 Å². The first kappa shape index (κ1) is 17.5. The van der Waals surface area contributed by atoms with E-state index in [1.54, 1.807) is 6.07 Å². The molecule has 1 aliphatic rings. The summed E-state index contributed by atoms with van der Waals surface area (Å²) in [5.41, 5.74) is 1.18. The van der Waals surface area contributed by atoms with E-state index in [4.69, 9.17) is 0 Å². The van der Waals surface area contributed by atoms with E-state index in [-0.39, 0.29) is 0 Å². The standard InChI is InChI=1S/C18H29NO2S/c1-4-6-15(2)14-19-11-9-16(10-12-19)17-7-5-8-18(13-17)22(3,20)21/h5,7-8,13,15-16H,4,6,9-12,14H2,1-3H3. The van der Waals surface area contributed by atoms with Gasteiger partial charge in [-0.15, -0.1) is 0 Å². The van der Waals surface area contributed by atoms with Crippen LogP contribution in [-0.4, -0.2) is 39.2 Å². The largest absolute Gasteiger partial charge is 0.303 e. The van der Waals surface area contributed by atoms with Gasteiger partial charge in [-0.25, -0.2) is 8.42 Å². The quantitative estimate of drug-likeness (QED) is 0.801. The molecule has 0 amide bonds. The van der Waals surface area contributed by atoms with Crippen LogP contribution in [0.25, 0.3) is 0 Å². The highest BCUT2D eigenvalue weighted by molar-refractivity contribution is 7.90. The minimum absolute atomic E-state index is 0.448. The number of likely N-dealkylation sites (tertiary alicyclic amines) is 1. The zero-order valence-corrected chi connectivity index (χ0v) is 14.9. The van der Waals surface area contributed by atoms with Gasteiger partial charge in [0.15, 0.2) is 9.84 Å². The molecular weight excluding hydrogens is 294 g/mol. The highest BCUT2D eigenvalue weighted by Gasteiger charge is 2.22. The number of nitrogens with zero attached hydrogens (tertiary/aromatic N) is 1. The van der Waals surface area contributed by atoms with E-state index in [0.29, 0.717) is 10.8 Å². The highest BCUT2D eigenvalue weighted by Crippen LogP contribution is 2.29. The van der Waals surface area contributed by atoms with Crippen molar-refractivity contribution in [3.05, 3.63) is 29.8 Å². The Morgan fingerprint density at radius 1 is 1.27 bits per heavy atom. The summed E-state index contributed by atoms with van der Waals surface area (Å²) < 4.78 is 23.4. The molecule has 0 N–H and O–H groups in total. The third-order valence-electron chi connectivity index (χ3n) is 4.70. The van der Waals surface area contributed by atoms with E-state index in [1.165, 1.54) is 31.2 Å². The van der Waals surface area contributed by atoms with Crippen molar-refractivity contribution in [1.29, 1.82) is 0 Å². The molecule has 0 bridgehead atoms. The molecule has 1 aromatic rings. The average Bonchev–Trinajstić information content (AvgIpc) is 2.47. The maximum atomic E-state index is 11.7. The molecule has 1 unspecified atom stereocenters. The van der Waals surface area contributed by atoms with E-state index < -0.39 is 9.84 Å². The summed E-state index contributed by atoms with van der Waals surface area (Å²) in [5.74, 6) is 1.27. The Hall–Kier alpha value is -0.870. The number of sulfone groups is 1. The zero-order valence-electron chi connectivity index (χ0n) is 14.1. The fraction of sp³-hybridized carbons (Fsp3) is 0.667. The predicted octanol–water partition coefficient (Wildman–Crippen LogP) is 3.71. The highest BCUT2D eigenvalue weighted by atomic mass is 32.2. The minimum Gasteiger partial charge on any atom is -0.303 e. The van der Waals surface area contributed by atoms with Gasteiger partial charge in [-0.05, 0) is 61.9 Å². The Labute approximate surface area is 135 Å². The smallest absolute Gasteiger partial charge is 0.175 e. The van der Waals surface area contributed by atoms with Crippen LogP contribution in [0.4, 0.5) is 0 Å². The molecule has 1 aliphatic heterocycles. The molecule has 3 nitrogen and oxygen atoms in total. The lowest BCUT2D eigenvalue weighted by atomic mass is 9.89. The van der Waals surface area contributed by atoms with Crippen molar-refractivity contribution in [3.63, 3.8) is 0 Å². The minimum atomic E-state index is -3.11. The summed E-state index contributed by atoms with van der Waals surface area (Å²) in [6.45, 7) is 8.04. The third-order valence-corrected chi connectivity index (χ3v) is 5.81. The van der Waals surface area contributed by atoms with Gasteiger partial charge < -0.3 is 4.90 Å². The summed E-state index contributed by atoms with van der Waals surface area (Å²) in [5, 5.41) is 0. The van der Waals surface area contributed by atoms with Crippen LogP contribution in [0.15, 0.2) is 29.2 Å². The molecule has 0 saturated carbocycles. The molecule has 1 heterocycles. The van der Waals surface area contributed by atoms with Gasteiger partial charge in [0.2, 0.25) is 0 Å². The second kappa shape index (κ2) is 7.60. The van der Waals surface area contributed by atoms with Crippen molar-refractivity contribution in [3.8, 4) is 0 Å². The molecular formula is C18H29NO2S. The maximum absolute atomic E-state index is 11.7. The van der Waals surface area contributed by atoms with Crippen molar-refractivity contribution >= 4 is 9.84 Å². The Morgan fingerprint density at radius 3 is 2.55 bits per heavy atom. The summed E-state index contributed by atoms with van der Waals surface area (Å²) in [7, 11) is -3.11. The first-order valence-corrected chi connectivity index (χ1v) is 10.3. The van der Waals surface area contributed by atoms with Gasteiger partial charge in [0.25, 0.3) is 0 Å². The molecule has 1 atom stereocenters. The second-order valence-electron chi connectivity index (χ2n) is 6.81. The van der Waals surface area contributed by atoms with Gasteiger partial charge in [0.05, 0.1) is 4.90 Å². The van der Waals surface area contributed by atoms with E-state index in [9.17, 15) is 8.42 Å². The Kier molecular flexibility index (Phi) is 6.04. The molecule has 0 spiro atoms. The number of hydrogen-bond donors (Lipinski definition) is 0. The van der Waals surface area contributed by atoms with Crippen molar-refractivity contribution in [2.45, 2.75) is 50.3 Å². The fourth-order valence-electron chi connectivity index (χ4n) is 3.47. The molecule has 22 heavy (non-hydrogen) atoms. The SMILES string of the molecule is CCCC(C)CN1CCC(c2cccc(S(C)(=O)=O)c2)CC1. The molecule has 0 radical (unpaired) electrons. The maximum Gasteiger partial charge on any atom is 0.175 e. The van der Waals surface area contributed by atoms with Gasteiger partial charge in [0, 0.05) is 12.8 Å². The predicted molar refractivity (Wildman–Crippen MR) is 92.0 cm³/mol. The molecule has 2 rings (SSSR count). The molecule has 124 valence electrons. The molecule has 1 fully saturated rings. The van der Waals surface area contributed by atoms with Crippen LogP contribution in [0.5, 0.6) is 0 Å². The van der Waals surface area contributed by atoms with Crippen LogP contribution in [0, 0.1) is 5.92 Å². The molecule has 0 aromatic heterocycles. The Morgan fingerprint density at radius 2 is 1.95 bits per heavy atom. The third kappa shape index (κ3) is 4.82. The second-order valence-corrected chi connectivity index (χ2v) is 8.83. The first-order chi connectivity index (χ1) is 10.4. The van der Waals surface area contributed by atoms with Gasteiger partial charge in [-0.1, -0.05) is 32.4 Å². The average molecular weight is 324 g/mol. The van der Waals surface area contributed by atoms with Gasteiger partial charge in [-0.2, -0.15) is 0 Å². The van der Waals surface area contributed by atoms with Crippen LogP contribution < -0.4 is 0 Å². The van der Waals surface area contributed by atoms with E-state index in [0.717, 1.165) is 31.8 Å². The van der Waals surface area contributed by atoms with Crippen LogP contribution in [-0.2, 0) is 9.84 Å². The fourth-order valence-corrected chi connectivity index (χ4v) is 4.15. The number of piperidine rings is 1. The number of rotatable bonds is 6. The summed E-state index contributed by atoms with van der Waals surface area (Å²) >= 11 is 0. The van der Waals surface area contributed by atoms with Crippen LogP contribution >= 0.6 is 0 Å². The first-order valence-electron chi connectivity index (χ1n) is 8.42. The van der Waals surface area contributed by atoms with E-state index >= 15 is 0 Å². The van der Waals surface area contributed by atoms with Gasteiger partial charge >= 0.3 is 0 Å². The van der Waals surface area contributed by atoms with Crippen molar-refractivity contribution in [2.75, 3.05) is 25.9 Å². The summed E-state index contributed by atoms with van der Waals surface area (Å²) in [6.07, 6.45) is 6.11. The summed E-state index contributed by atoms with van der Waals surface area (Å²) in [6, 6.07) is 7.52. The lowest BCUT2D eigenvalue weighted by Crippen LogP contribution is -2.36. The number of hydrogen-bond acceptors (Lipinski definition) is 3. The van der Waals surface area contributed by atoms with Crippen molar-refractivity contribution in [1.82, 2.24) is 4.90 Å². The Balaban J connectivity index is 1.94. The van der Waals surface area contributed by atoms with E-state index in [2.05, 4.69) is 24.8 Å². The topological polar surface area (TPSA) is 37.4 Å². The van der Waals surface area contributed by atoms with Crippen molar-refractivity contribution in [2.24, 2.45) is 5.92 Å². The molecule has 0 aliphatic carbocycles. The summed E-state index contributed by atoms with van der Waals surface area (Å²) in [4.78, 5) is 3.01. The van der Waals surface area contributed by atoms with Gasteiger partial charge in [-0.3, -0.25) is 0 Å². The lowest BCUT2D eigenvalue weighted by Gasteiger charge is -2.33. The monoisotopic (exact) mass is 323 g/mol. The lowest BCUT2D eigenvalue weighted by molar-refractivity contribution is 0.183.